The Hall–Kier alpha value is -1.59. The Morgan fingerprint density at radius 3 is 2.90 bits per heavy atom. The number of aryl methyl sites for hydroxylation is 1. The molecule has 1 unspecified atom stereocenters. The largest absolute Gasteiger partial charge is 0.376 e. The second kappa shape index (κ2) is 5.66. The molecule has 1 atom stereocenters. The standard InChI is InChI=1S/C15H14ClFN2OS/c1-8(10-5-14(16)21-7-10)18-13-6-12-9(4-11(13)17)2-3-15(20)19-12/h4-8,18H,2-3H2,1H3,(H,19,20). The predicted octanol–water partition coefficient (Wildman–Crippen LogP) is 4.60. The first kappa shape index (κ1) is 14.4. The molecule has 0 spiro atoms. The van der Waals surface area contributed by atoms with E-state index in [1.54, 1.807) is 6.07 Å². The van der Waals surface area contributed by atoms with Crippen molar-refractivity contribution in [1.82, 2.24) is 0 Å². The summed E-state index contributed by atoms with van der Waals surface area (Å²) in [5, 5.41) is 7.85. The number of halogens is 2. The van der Waals surface area contributed by atoms with E-state index in [1.807, 2.05) is 18.4 Å². The predicted molar refractivity (Wildman–Crippen MR) is 84.7 cm³/mol. The van der Waals surface area contributed by atoms with E-state index in [9.17, 15) is 9.18 Å². The molecule has 0 saturated heterocycles. The number of fused-ring (bicyclic) bond motifs is 1. The number of thiophene rings is 1. The van der Waals surface area contributed by atoms with Crippen LogP contribution in [0.1, 0.15) is 30.5 Å². The van der Waals surface area contributed by atoms with Crippen molar-refractivity contribution in [2.75, 3.05) is 10.6 Å². The molecule has 0 radical (unpaired) electrons. The first-order valence-electron chi connectivity index (χ1n) is 6.65. The lowest BCUT2D eigenvalue weighted by Gasteiger charge is -2.20. The Kier molecular flexibility index (Phi) is 3.87. The van der Waals surface area contributed by atoms with E-state index in [2.05, 4.69) is 10.6 Å². The van der Waals surface area contributed by atoms with Crippen molar-refractivity contribution in [3.05, 3.63) is 44.9 Å². The maximum Gasteiger partial charge on any atom is 0.224 e. The average molecular weight is 325 g/mol. The number of anilines is 2. The van der Waals surface area contributed by atoms with Crippen molar-refractivity contribution in [3.63, 3.8) is 0 Å². The second-order valence-electron chi connectivity index (χ2n) is 5.09. The molecule has 0 aliphatic carbocycles. The van der Waals surface area contributed by atoms with Crippen molar-refractivity contribution in [1.29, 1.82) is 0 Å². The van der Waals surface area contributed by atoms with Gasteiger partial charge in [0, 0.05) is 18.2 Å². The molecule has 1 amide bonds. The van der Waals surface area contributed by atoms with E-state index >= 15 is 0 Å². The van der Waals surface area contributed by atoms with Crippen molar-refractivity contribution in [2.45, 2.75) is 25.8 Å². The Labute approximate surface area is 131 Å². The summed E-state index contributed by atoms with van der Waals surface area (Å²) in [5.74, 6) is -0.337. The molecule has 2 N–H and O–H groups in total. The summed E-state index contributed by atoms with van der Waals surface area (Å²) < 4.78 is 14.9. The highest BCUT2D eigenvalue weighted by Gasteiger charge is 2.18. The number of benzene rings is 1. The van der Waals surface area contributed by atoms with Gasteiger partial charge in [0.15, 0.2) is 0 Å². The maximum atomic E-state index is 14.2. The molecule has 0 saturated carbocycles. The molecular weight excluding hydrogens is 311 g/mol. The highest BCUT2D eigenvalue weighted by atomic mass is 35.5. The van der Waals surface area contributed by atoms with E-state index in [0.29, 0.717) is 28.6 Å². The topological polar surface area (TPSA) is 41.1 Å². The maximum absolute atomic E-state index is 14.2. The Morgan fingerprint density at radius 2 is 2.19 bits per heavy atom. The number of hydrogen-bond donors (Lipinski definition) is 2. The lowest BCUT2D eigenvalue weighted by molar-refractivity contribution is -0.116. The van der Waals surface area contributed by atoms with Gasteiger partial charge in [-0.2, -0.15) is 0 Å². The van der Waals surface area contributed by atoms with Crippen molar-refractivity contribution < 1.29 is 9.18 Å². The third-order valence-corrected chi connectivity index (χ3v) is 4.66. The second-order valence-corrected chi connectivity index (χ2v) is 6.63. The Bertz CT molecular complexity index is 701. The molecule has 110 valence electrons. The number of carbonyl (C=O) groups is 1. The minimum Gasteiger partial charge on any atom is -0.376 e. The molecule has 0 bridgehead atoms. The third kappa shape index (κ3) is 3.04. The summed E-state index contributed by atoms with van der Waals surface area (Å²) >= 11 is 7.36. The minimum absolute atomic E-state index is 0.0299. The van der Waals surface area contributed by atoms with Gasteiger partial charge < -0.3 is 10.6 Å². The van der Waals surface area contributed by atoms with E-state index in [4.69, 9.17) is 11.6 Å². The summed E-state index contributed by atoms with van der Waals surface area (Å²) in [7, 11) is 0. The molecule has 3 rings (SSSR count). The zero-order valence-corrected chi connectivity index (χ0v) is 12.9. The van der Waals surface area contributed by atoms with Crippen LogP contribution in [0.25, 0.3) is 0 Å². The zero-order chi connectivity index (χ0) is 15.0. The number of nitrogens with one attached hydrogen (secondary N) is 2. The monoisotopic (exact) mass is 324 g/mol. The van der Waals surface area contributed by atoms with Gasteiger partial charge in [0.25, 0.3) is 0 Å². The summed E-state index contributed by atoms with van der Waals surface area (Å²) in [4.78, 5) is 11.4. The SMILES string of the molecule is CC(Nc1cc2c(cc1F)CCC(=O)N2)c1csc(Cl)c1. The number of rotatable bonds is 3. The molecule has 2 heterocycles. The molecule has 6 heteroatoms. The lowest BCUT2D eigenvalue weighted by atomic mass is 10.0. The summed E-state index contributed by atoms with van der Waals surface area (Å²) in [5.41, 5.74) is 2.91. The van der Waals surface area contributed by atoms with Crippen LogP contribution in [0.4, 0.5) is 15.8 Å². The van der Waals surface area contributed by atoms with Gasteiger partial charge in [-0.05, 0) is 48.1 Å². The van der Waals surface area contributed by atoms with Crippen LogP contribution >= 0.6 is 22.9 Å². The van der Waals surface area contributed by atoms with Gasteiger partial charge in [0.2, 0.25) is 5.91 Å². The van der Waals surface area contributed by atoms with Gasteiger partial charge in [0.05, 0.1) is 10.0 Å². The molecule has 1 aliphatic rings. The van der Waals surface area contributed by atoms with Gasteiger partial charge in [-0.1, -0.05) is 11.6 Å². The fourth-order valence-electron chi connectivity index (χ4n) is 2.38. The summed E-state index contributed by atoms with van der Waals surface area (Å²) in [6, 6.07) is 4.94. The van der Waals surface area contributed by atoms with Crippen LogP contribution in [0.3, 0.4) is 0 Å². The van der Waals surface area contributed by atoms with Gasteiger partial charge in [-0.3, -0.25) is 4.79 Å². The average Bonchev–Trinajstić information content (AvgIpc) is 2.87. The number of amides is 1. The van der Waals surface area contributed by atoms with Gasteiger partial charge in [-0.25, -0.2) is 4.39 Å². The fraction of sp³-hybridized carbons (Fsp3) is 0.267. The quantitative estimate of drug-likeness (QED) is 0.866. The van der Waals surface area contributed by atoms with Gasteiger partial charge >= 0.3 is 0 Å². The molecule has 2 aromatic rings. The Morgan fingerprint density at radius 1 is 1.38 bits per heavy atom. The van der Waals surface area contributed by atoms with Crippen LogP contribution in [0.5, 0.6) is 0 Å². The number of hydrogen-bond acceptors (Lipinski definition) is 3. The van der Waals surface area contributed by atoms with Crippen molar-refractivity contribution in [3.8, 4) is 0 Å². The highest BCUT2D eigenvalue weighted by Crippen LogP contribution is 2.32. The van der Waals surface area contributed by atoms with Crippen LogP contribution in [0, 0.1) is 5.82 Å². The first-order chi connectivity index (χ1) is 10.0. The smallest absolute Gasteiger partial charge is 0.224 e. The molecule has 21 heavy (non-hydrogen) atoms. The molecule has 1 aromatic carbocycles. The van der Waals surface area contributed by atoms with Crippen LogP contribution < -0.4 is 10.6 Å². The Balaban J connectivity index is 1.85. The van der Waals surface area contributed by atoms with Crippen molar-refractivity contribution >= 4 is 40.2 Å². The van der Waals surface area contributed by atoms with Crippen LogP contribution in [-0.4, -0.2) is 5.91 Å². The molecule has 3 nitrogen and oxygen atoms in total. The van der Waals surface area contributed by atoms with Crippen molar-refractivity contribution in [2.24, 2.45) is 0 Å². The normalized spacial score (nSPS) is 15.3. The van der Waals surface area contributed by atoms with E-state index in [-0.39, 0.29) is 17.8 Å². The first-order valence-corrected chi connectivity index (χ1v) is 7.91. The van der Waals surface area contributed by atoms with E-state index < -0.39 is 0 Å². The van der Waals surface area contributed by atoms with E-state index in [0.717, 1.165) is 11.1 Å². The molecule has 1 aliphatic heterocycles. The number of carbonyl (C=O) groups excluding carboxylic acids is 1. The van der Waals surface area contributed by atoms with Gasteiger partial charge in [-0.15, -0.1) is 11.3 Å². The van der Waals surface area contributed by atoms with E-state index in [1.165, 1.54) is 17.4 Å². The van der Waals surface area contributed by atoms with Gasteiger partial charge in [0.1, 0.15) is 5.82 Å². The lowest BCUT2D eigenvalue weighted by Crippen LogP contribution is -2.19. The summed E-state index contributed by atoms with van der Waals surface area (Å²) in [6.07, 6.45) is 0.983. The third-order valence-electron chi connectivity index (χ3n) is 3.55. The minimum atomic E-state index is -0.307. The fourth-order valence-corrected chi connectivity index (χ4v) is 3.36. The van der Waals surface area contributed by atoms with Crippen LogP contribution in [0.15, 0.2) is 23.6 Å². The zero-order valence-electron chi connectivity index (χ0n) is 11.4. The molecular formula is C15H14ClFN2OS. The van der Waals surface area contributed by atoms with Crippen LogP contribution in [-0.2, 0) is 11.2 Å². The molecule has 1 aromatic heterocycles. The molecule has 0 fully saturated rings. The van der Waals surface area contributed by atoms with Crippen LogP contribution in [0.2, 0.25) is 4.34 Å². The highest BCUT2D eigenvalue weighted by molar-refractivity contribution is 7.14. The summed E-state index contributed by atoms with van der Waals surface area (Å²) in [6.45, 7) is 1.94.